The Bertz CT molecular complexity index is 3570. The second-order valence-electron chi connectivity index (χ2n) is 16.7. The summed E-state index contributed by atoms with van der Waals surface area (Å²) < 4.78 is 2.67. The molecule has 2 heteroatoms. The Hall–Kier alpha value is -7.78. The van der Waals surface area contributed by atoms with Gasteiger partial charge in [-0.25, -0.2) is 0 Å². The molecule has 1 heterocycles. The summed E-state index contributed by atoms with van der Waals surface area (Å²) in [7, 11) is 0. The van der Waals surface area contributed by atoms with Gasteiger partial charge < -0.3 is 4.90 Å². The van der Waals surface area contributed by atoms with Gasteiger partial charge in [-0.3, -0.25) is 0 Å². The van der Waals surface area contributed by atoms with Gasteiger partial charge in [0.1, 0.15) is 0 Å². The molecule has 1 spiro atoms. The van der Waals surface area contributed by atoms with Gasteiger partial charge in [0.15, 0.2) is 0 Å². The molecule has 0 saturated carbocycles. The molecule has 1 unspecified atom stereocenters. The fourth-order valence-corrected chi connectivity index (χ4v) is 12.1. The highest BCUT2D eigenvalue weighted by Gasteiger charge is 2.50. The molecule has 1 atom stereocenters. The Balaban J connectivity index is 1.14. The Morgan fingerprint density at radius 3 is 1.60 bits per heavy atom. The van der Waals surface area contributed by atoms with E-state index in [0.717, 1.165) is 17.1 Å². The maximum absolute atomic E-state index is 2.53. The minimum Gasteiger partial charge on any atom is -0.310 e. The van der Waals surface area contributed by atoms with Crippen LogP contribution in [0.25, 0.3) is 75.8 Å². The van der Waals surface area contributed by atoms with Crippen molar-refractivity contribution in [3.8, 4) is 55.6 Å². The Labute approximate surface area is 371 Å². The molecule has 0 fully saturated rings. The molecule has 13 rings (SSSR count). The molecule has 0 radical (unpaired) electrons. The highest BCUT2D eigenvalue weighted by atomic mass is 32.1. The molecule has 2 aliphatic carbocycles. The van der Waals surface area contributed by atoms with E-state index in [-0.39, 0.29) is 0 Å². The first kappa shape index (κ1) is 35.9. The van der Waals surface area contributed by atoms with E-state index in [2.05, 4.69) is 241 Å². The minimum atomic E-state index is -0.626. The SMILES string of the molecule is c1ccc(-c2ccc(N(c3ccc4c(c3)C3(c5ccccc5-c5ccccc5-4)c4ccccc4-c4c3ccc3c4sc4ccccc43)c3ccccc3-c3ccccc3)cc2)cc1. The van der Waals surface area contributed by atoms with Crippen LogP contribution in [0, 0.1) is 0 Å². The Morgan fingerprint density at radius 1 is 0.317 bits per heavy atom. The predicted octanol–water partition coefficient (Wildman–Crippen LogP) is 16.9. The number of hydrogen-bond acceptors (Lipinski definition) is 2. The van der Waals surface area contributed by atoms with E-state index in [1.807, 2.05) is 11.3 Å². The Morgan fingerprint density at radius 2 is 0.857 bits per heavy atom. The maximum Gasteiger partial charge on any atom is 0.0726 e. The molecule has 1 nitrogen and oxygen atoms in total. The lowest BCUT2D eigenvalue weighted by atomic mass is 9.65. The number of para-hydroxylation sites is 1. The second-order valence-corrected chi connectivity index (χ2v) is 17.8. The molecular weight excluding hydrogens is 779 g/mol. The van der Waals surface area contributed by atoms with Crippen LogP contribution < -0.4 is 4.90 Å². The molecule has 0 aliphatic heterocycles. The van der Waals surface area contributed by atoms with Crippen LogP contribution in [0.2, 0.25) is 0 Å². The topological polar surface area (TPSA) is 3.24 Å². The van der Waals surface area contributed by atoms with Crippen LogP contribution in [0.3, 0.4) is 0 Å². The summed E-state index contributed by atoms with van der Waals surface area (Å²) in [5.74, 6) is 0. The summed E-state index contributed by atoms with van der Waals surface area (Å²) in [5, 5.41) is 2.64. The third kappa shape index (κ3) is 5.29. The number of hydrogen-bond donors (Lipinski definition) is 0. The third-order valence-corrected chi connectivity index (χ3v) is 14.7. The van der Waals surface area contributed by atoms with Gasteiger partial charge in [-0.15, -0.1) is 11.3 Å². The average molecular weight is 818 g/mol. The average Bonchev–Trinajstić information content (AvgIpc) is 3.86. The molecular formula is C61H39NS. The summed E-state index contributed by atoms with van der Waals surface area (Å²) >= 11 is 1.93. The summed E-state index contributed by atoms with van der Waals surface area (Å²) in [6.45, 7) is 0. The molecule has 0 amide bonds. The zero-order valence-electron chi connectivity index (χ0n) is 34.4. The number of fused-ring (bicyclic) bond motifs is 16. The molecule has 63 heavy (non-hydrogen) atoms. The minimum absolute atomic E-state index is 0.626. The van der Waals surface area contributed by atoms with E-state index in [0.29, 0.717) is 0 Å². The summed E-state index contributed by atoms with van der Waals surface area (Å²) in [6.07, 6.45) is 0. The number of anilines is 3. The van der Waals surface area contributed by atoms with Crippen molar-refractivity contribution in [2.45, 2.75) is 5.41 Å². The van der Waals surface area contributed by atoms with Crippen molar-refractivity contribution >= 4 is 48.6 Å². The van der Waals surface area contributed by atoms with Gasteiger partial charge in [-0.05, 0) is 103 Å². The van der Waals surface area contributed by atoms with Gasteiger partial charge in [0, 0.05) is 42.7 Å². The number of nitrogens with zero attached hydrogens (tertiary/aromatic N) is 1. The fraction of sp³-hybridized carbons (Fsp3) is 0.0164. The van der Waals surface area contributed by atoms with Gasteiger partial charge in [0.2, 0.25) is 0 Å². The fourth-order valence-electron chi connectivity index (χ4n) is 10.9. The van der Waals surface area contributed by atoms with Crippen molar-refractivity contribution in [1.82, 2.24) is 0 Å². The standard InChI is InChI=1S/C61H39NS/c1-3-17-40(18-4-1)41-31-33-43(34-32-41)62(57-29-15-11-21-45(57)42-19-5-2-6-20-42)44-35-36-49-47-23-8-7-22-46(47)48-24-9-13-27-53(48)61(56(49)39-44)54-28-14-10-26-52(54)59-55(61)38-37-51-50-25-12-16-30-58(50)63-60(51)59/h1-39H. The molecule has 0 bridgehead atoms. The number of rotatable bonds is 5. The molecule has 0 saturated heterocycles. The largest absolute Gasteiger partial charge is 0.310 e. The molecule has 11 aromatic rings. The van der Waals surface area contributed by atoms with Crippen molar-refractivity contribution in [2.75, 3.05) is 4.90 Å². The van der Waals surface area contributed by atoms with E-state index in [9.17, 15) is 0 Å². The number of benzene rings is 10. The quantitative estimate of drug-likeness (QED) is 0.167. The second kappa shape index (κ2) is 14.1. The summed E-state index contributed by atoms with van der Waals surface area (Å²) in [4.78, 5) is 2.48. The van der Waals surface area contributed by atoms with Gasteiger partial charge in [-0.2, -0.15) is 0 Å². The predicted molar refractivity (Wildman–Crippen MR) is 267 cm³/mol. The first-order valence-corrected chi connectivity index (χ1v) is 22.6. The zero-order valence-corrected chi connectivity index (χ0v) is 35.2. The van der Waals surface area contributed by atoms with Gasteiger partial charge >= 0.3 is 0 Å². The van der Waals surface area contributed by atoms with Gasteiger partial charge in [0.05, 0.1) is 11.1 Å². The molecule has 1 aromatic heterocycles. The third-order valence-electron chi connectivity index (χ3n) is 13.5. The van der Waals surface area contributed by atoms with Crippen LogP contribution in [-0.4, -0.2) is 0 Å². The maximum atomic E-state index is 2.53. The van der Waals surface area contributed by atoms with E-state index < -0.39 is 5.41 Å². The van der Waals surface area contributed by atoms with Crippen molar-refractivity contribution in [3.05, 3.63) is 259 Å². The van der Waals surface area contributed by atoms with Crippen LogP contribution >= 0.6 is 11.3 Å². The molecule has 2 aliphatic rings. The van der Waals surface area contributed by atoms with Crippen LogP contribution in [0.5, 0.6) is 0 Å². The zero-order chi connectivity index (χ0) is 41.5. The van der Waals surface area contributed by atoms with E-state index in [1.165, 1.54) is 98.1 Å². The normalized spacial score (nSPS) is 14.4. The first-order valence-electron chi connectivity index (χ1n) is 21.8. The van der Waals surface area contributed by atoms with Gasteiger partial charge in [0.25, 0.3) is 0 Å². The van der Waals surface area contributed by atoms with Crippen molar-refractivity contribution in [2.24, 2.45) is 0 Å². The summed E-state index contributed by atoms with van der Waals surface area (Å²) in [5.41, 5.74) is 20.4. The first-order chi connectivity index (χ1) is 31.3. The highest BCUT2D eigenvalue weighted by molar-refractivity contribution is 7.26. The Kier molecular flexibility index (Phi) is 8.06. The van der Waals surface area contributed by atoms with Crippen molar-refractivity contribution in [1.29, 1.82) is 0 Å². The van der Waals surface area contributed by atoms with Crippen LogP contribution in [-0.2, 0) is 5.41 Å². The lowest BCUT2D eigenvalue weighted by Crippen LogP contribution is -2.29. The van der Waals surface area contributed by atoms with E-state index >= 15 is 0 Å². The smallest absolute Gasteiger partial charge is 0.0726 e. The lowest BCUT2D eigenvalue weighted by molar-refractivity contribution is 0.776. The van der Waals surface area contributed by atoms with Crippen molar-refractivity contribution in [3.63, 3.8) is 0 Å². The van der Waals surface area contributed by atoms with Gasteiger partial charge in [-0.1, -0.05) is 200 Å². The van der Waals surface area contributed by atoms with E-state index in [1.54, 1.807) is 0 Å². The molecule has 10 aromatic carbocycles. The van der Waals surface area contributed by atoms with Crippen LogP contribution in [0.4, 0.5) is 17.1 Å². The van der Waals surface area contributed by atoms with Crippen LogP contribution in [0.1, 0.15) is 22.3 Å². The highest BCUT2D eigenvalue weighted by Crippen LogP contribution is 2.64. The monoisotopic (exact) mass is 817 g/mol. The van der Waals surface area contributed by atoms with Crippen LogP contribution in [0.15, 0.2) is 237 Å². The molecule has 294 valence electrons. The van der Waals surface area contributed by atoms with Crippen molar-refractivity contribution < 1.29 is 0 Å². The van der Waals surface area contributed by atoms with E-state index in [4.69, 9.17) is 0 Å². The summed E-state index contributed by atoms with van der Waals surface area (Å²) in [6, 6.07) is 88.0. The lowest BCUT2D eigenvalue weighted by Gasteiger charge is -2.36. The molecule has 0 N–H and O–H groups in total. The number of thiophene rings is 1.